The molecule has 0 saturated heterocycles. The monoisotopic (exact) mass is 378 g/mol. The van der Waals surface area contributed by atoms with E-state index >= 15 is 0 Å². The molecule has 0 atom stereocenters. The molecule has 0 spiro atoms. The number of nitrogens with one attached hydrogen (secondary N) is 1. The summed E-state index contributed by atoms with van der Waals surface area (Å²) >= 11 is 3.21. The number of carbonyl (C=O) groups excluding carboxylic acids is 2. The van der Waals surface area contributed by atoms with E-state index in [4.69, 9.17) is 9.47 Å². The first-order chi connectivity index (χ1) is 11.0. The maximum Gasteiger partial charge on any atom is 0.340 e. The van der Waals surface area contributed by atoms with Gasteiger partial charge in [0, 0.05) is 16.9 Å². The highest BCUT2D eigenvalue weighted by Gasteiger charge is 2.13. The molecule has 1 aromatic carbocycles. The minimum absolute atomic E-state index is 0.264. The second kappa shape index (κ2) is 7.73. The van der Waals surface area contributed by atoms with E-state index in [9.17, 15) is 9.59 Å². The van der Waals surface area contributed by atoms with Gasteiger partial charge in [-0.1, -0.05) is 6.07 Å². The number of anilines is 1. The van der Waals surface area contributed by atoms with Crippen LogP contribution in [0.15, 0.2) is 41.1 Å². The zero-order valence-electron chi connectivity index (χ0n) is 12.6. The first-order valence-corrected chi connectivity index (χ1v) is 7.51. The molecule has 1 aromatic heterocycles. The maximum absolute atomic E-state index is 11.9. The topological polar surface area (TPSA) is 77.5 Å². The molecule has 0 radical (unpaired) electrons. The van der Waals surface area contributed by atoms with E-state index in [2.05, 4.69) is 26.2 Å². The lowest BCUT2D eigenvalue weighted by atomic mass is 10.2. The number of ether oxygens (including phenoxy) is 2. The molecular formula is C16H15BrN2O4. The molecule has 1 heterocycles. The van der Waals surface area contributed by atoms with Gasteiger partial charge >= 0.3 is 5.97 Å². The number of esters is 1. The third-order valence-corrected chi connectivity index (χ3v) is 3.34. The molecule has 1 amide bonds. The minimum atomic E-state index is -0.620. The van der Waals surface area contributed by atoms with Crippen molar-refractivity contribution in [3.05, 3.63) is 52.3 Å². The molecule has 0 aliphatic carbocycles. The van der Waals surface area contributed by atoms with Gasteiger partial charge in [-0.05, 0) is 46.6 Å². The summed E-state index contributed by atoms with van der Waals surface area (Å²) in [7, 11) is 1.51. The van der Waals surface area contributed by atoms with Crippen LogP contribution >= 0.6 is 15.9 Å². The van der Waals surface area contributed by atoms with Gasteiger partial charge in [-0.25, -0.2) is 4.79 Å². The summed E-state index contributed by atoms with van der Waals surface area (Å²) in [5, 5.41) is 2.65. The standard InChI is InChI=1S/C16H15BrN2O4/c1-10-3-4-14(22-2)13(5-10)19-15(20)9-23-16(21)11-6-12(17)8-18-7-11/h3-8H,9H2,1-2H3,(H,19,20). The van der Waals surface area contributed by atoms with Crippen molar-refractivity contribution in [1.29, 1.82) is 0 Å². The number of nitrogens with zero attached hydrogens (tertiary/aromatic N) is 1. The first kappa shape index (κ1) is 17.0. The molecule has 23 heavy (non-hydrogen) atoms. The highest BCUT2D eigenvalue weighted by molar-refractivity contribution is 9.10. The molecule has 2 aromatic rings. The average molecular weight is 379 g/mol. The highest BCUT2D eigenvalue weighted by atomic mass is 79.9. The predicted octanol–water partition coefficient (Wildman–Crippen LogP) is 2.96. The number of hydrogen-bond donors (Lipinski definition) is 1. The van der Waals surface area contributed by atoms with Gasteiger partial charge in [0.15, 0.2) is 6.61 Å². The van der Waals surface area contributed by atoms with Gasteiger partial charge in [0.1, 0.15) is 5.75 Å². The van der Waals surface area contributed by atoms with Gasteiger partial charge in [0.05, 0.1) is 18.4 Å². The van der Waals surface area contributed by atoms with Crippen LogP contribution in [-0.2, 0) is 9.53 Å². The number of pyridine rings is 1. The minimum Gasteiger partial charge on any atom is -0.495 e. The number of amides is 1. The van der Waals surface area contributed by atoms with Gasteiger partial charge in [0.2, 0.25) is 0 Å². The van der Waals surface area contributed by atoms with Crippen LogP contribution < -0.4 is 10.1 Å². The molecule has 0 aliphatic rings. The lowest BCUT2D eigenvalue weighted by molar-refractivity contribution is -0.119. The highest BCUT2D eigenvalue weighted by Crippen LogP contribution is 2.25. The SMILES string of the molecule is COc1ccc(C)cc1NC(=O)COC(=O)c1cncc(Br)c1. The number of hydrogen-bond acceptors (Lipinski definition) is 5. The van der Waals surface area contributed by atoms with Crippen LogP contribution in [0, 0.1) is 6.92 Å². The third-order valence-electron chi connectivity index (χ3n) is 2.90. The van der Waals surface area contributed by atoms with Crippen molar-refractivity contribution in [3.8, 4) is 5.75 Å². The van der Waals surface area contributed by atoms with E-state index < -0.39 is 18.5 Å². The van der Waals surface area contributed by atoms with Crippen LogP contribution in [0.25, 0.3) is 0 Å². The molecule has 2 rings (SSSR count). The van der Waals surface area contributed by atoms with Gasteiger partial charge in [0.25, 0.3) is 5.91 Å². The number of rotatable bonds is 5. The van der Waals surface area contributed by atoms with Crippen LogP contribution in [0.3, 0.4) is 0 Å². The lowest BCUT2D eigenvalue weighted by Gasteiger charge is -2.11. The summed E-state index contributed by atoms with van der Waals surface area (Å²) < 4.78 is 10.8. The molecule has 0 saturated carbocycles. The Morgan fingerprint density at radius 3 is 2.74 bits per heavy atom. The van der Waals surface area contributed by atoms with Crippen LogP contribution in [-0.4, -0.2) is 30.6 Å². The summed E-state index contributed by atoms with van der Waals surface area (Å²) in [5.74, 6) is -0.540. The fourth-order valence-electron chi connectivity index (χ4n) is 1.84. The number of aryl methyl sites for hydroxylation is 1. The van der Waals surface area contributed by atoms with Crippen molar-refractivity contribution in [1.82, 2.24) is 4.98 Å². The van der Waals surface area contributed by atoms with Crippen LogP contribution in [0.4, 0.5) is 5.69 Å². The Labute approximate surface area is 142 Å². The Morgan fingerprint density at radius 2 is 2.04 bits per heavy atom. The van der Waals surface area contributed by atoms with E-state index in [1.54, 1.807) is 24.4 Å². The van der Waals surface area contributed by atoms with E-state index in [-0.39, 0.29) is 5.56 Å². The quantitative estimate of drug-likeness (QED) is 0.809. The van der Waals surface area contributed by atoms with Crippen LogP contribution in [0.1, 0.15) is 15.9 Å². The molecule has 120 valence electrons. The fourth-order valence-corrected chi connectivity index (χ4v) is 2.21. The second-order valence-electron chi connectivity index (χ2n) is 4.72. The van der Waals surface area contributed by atoms with Crippen molar-refractivity contribution < 1.29 is 19.1 Å². The molecule has 1 N–H and O–H groups in total. The van der Waals surface area contributed by atoms with Gasteiger partial charge in [-0.3, -0.25) is 9.78 Å². The largest absolute Gasteiger partial charge is 0.495 e. The van der Waals surface area contributed by atoms with Crippen molar-refractivity contribution in [3.63, 3.8) is 0 Å². The van der Waals surface area contributed by atoms with Crippen LogP contribution in [0.5, 0.6) is 5.75 Å². The van der Waals surface area contributed by atoms with Crippen molar-refractivity contribution in [2.75, 3.05) is 19.0 Å². The molecule has 0 bridgehead atoms. The normalized spacial score (nSPS) is 10.0. The Kier molecular flexibility index (Phi) is 5.70. The summed E-state index contributed by atoms with van der Waals surface area (Å²) in [6.07, 6.45) is 2.92. The van der Waals surface area contributed by atoms with E-state index in [0.717, 1.165) is 5.56 Å². The first-order valence-electron chi connectivity index (χ1n) is 6.72. The molecule has 6 nitrogen and oxygen atoms in total. The lowest BCUT2D eigenvalue weighted by Crippen LogP contribution is -2.21. The summed E-state index contributed by atoms with van der Waals surface area (Å²) in [6.45, 7) is 1.50. The van der Waals surface area contributed by atoms with E-state index in [1.165, 1.54) is 13.3 Å². The third kappa shape index (κ3) is 4.79. The Morgan fingerprint density at radius 1 is 1.26 bits per heavy atom. The van der Waals surface area contributed by atoms with Gasteiger partial charge in [-0.2, -0.15) is 0 Å². The Balaban J connectivity index is 1.95. The zero-order valence-corrected chi connectivity index (χ0v) is 14.2. The summed E-state index contributed by atoms with van der Waals surface area (Å²) in [4.78, 5) is 27.6. The summed E-state index contributed by atoms with van der Waals surface area (Å²) in [5.41, 5.74) is 1.76. The van der Waals surface area contributed by atoms with Crippen LogP contribution in [0.2, 0.25) is 0 Å². The molecular weight excluding hydrogens is 364 g/mol. The number of methoxy groups -OCH3 is 1. The average Bonchev–Trinajstić information content (AvgIpc) is 2.53. The number of carbonyl (C=O) groups is 2. The van der Waals surface area contributed by atoms with E-state index in [1.807, 2.05) is 13.0 Å². The number of aromatic nitrogens is 1. The number of halogens is 1. The number of benzene rings is 1. The van der Waals surface area contributed by atoms with Crippen molar-refractivity contribution in [2.45, 2.75) is 6.92 Å². The summed E-state index contributed by atoms with van der Waals surface area (Å²) in [6, 6.07) is 6.96. The Hall–Kier alpha value is -2.41. The maximum atomic E-state index is 11.9. The fraction of sp³-hybridized carbons (Fsp3) is 0.188. The van der Waals surface area contributed by atoms with Crippen molar-refractivity contribution in [2.24, 2.45) is 0 Å². The van der Waals surface area contributed by atoms with Gasteiger partial charge < -0.3 is 14.8 Å². The van der Waals surface area contributed by atoms with Gasteiger partial charge in [-0.15, -0.1) is 0 Å². The second-order valence-corrected chi connectivity index (χ2v) is 5.64. The molecule has 0 fully saturated rings. The predicted molar refractivity (Wildman–Crippen MR) is 88.6 cm³/mol. The van der Waals surface area contributed by atoms with Crippen molar-refractivity contribution >= 4 is 33.5 Å². The zero-order chi connectivity index (χ0) is 16.8. The molecule has 0 aliphatic heterocycles. The molecule has 7 heteroatoms. The van der Waals surface area contributed by atoms with E-state index in [0.29, 0.717) is 15.9 Å². The Bertz CT molecular complexity index is 734. The smallest absolute Gasteiger partial charge is 0.340 e. The molecule has 0 unspecified atom stereocenters.